The zero-order chi connectivity index (χ0) is 15.9. The molecule has 5 nitrogen and oxygen atoms in total. The third-order valence-corrected chi connectivity index (χ3v) is 4.53. The predicted octanol–water partition coefficient (Wildman–Crippen LogP) is 3.04. The van der Waals surface area contributed by atoms with E-state index in [2.05, 4.69) is 10.3 Å². The van der Waals surface area contributed by atoms with Gasteiger partial charge in [0.2, 0.25) is 5.56 Å². The van der Waals surface area contributed by atoms with E-state index < -0.39 is 0 Å². The van der Waals surface area contributed by atoms with Crippen molar-refractivity contribution in [2.75, 3.05) is 11.1 Å². The van der Waals surface area contributed by atoms with Crippen molar-refractivity contribution in [1.29, 1.82) is 0 Å². The summed E-state index contributed by atoms with van der Waals surface area (Å²) in [6, 6.07) is 9.02. The van der Waals surface area contributed by atoms with Crippen LogP contribution in [0.15, 0.2) is 35.1 Å². The summed E-state index contributed by atoms with van der Waals surface area (Å²) in [5.41, 5.74) is 8.84. The number of aromatic nitrogens is 1. The molecule has 0 unspecified atom stereocenters. The van der Waals surface area contributed by atoms with Crippen molar-refractivity contribution < 1.29 is 4.79 Å². The van der Waals surface area contributed by atoms with Crippen LogP contribution in [-0.4, -0.2) is 10.9 Å². The molecular weight excluding hydrogens is 298 g/mol. The molecule has 0 spiro atoms. The number of nitrogens with one attached hydrogen (secondary N) is 2. The van der Waals surface area contributed by atoms with Crippen LogP contribution >= 0.6 is 11.3 Å². The molecule has 0 atom stereocenters. The number of amides is 1. The Bertz CT molecular complexity index is 940. The minimum absolute atomic E-state index is 0.197. The average molecular weight is 313 g/mol. The fourth-order valence-corrected chi connectivity index (χ4v) is 3.50. The molecule has 0 aliphatic heterocycles. The highest BCUT2D eigenvalue weighted by molar-refractivity contribution is 7.21. The molecule has 4 N–H and O–H groups in total. The number of carbonyl (C=O) groups is 1. The van der Waals surface area contributed by atoms with E-state index in [1.54, 1.807) is 0 Å². The van der Waals surface area contributed by atoms with Gasteiger partial charge in [0, 0.05) is 17.1 Å². The summed E-state index contributed by atoms with van der Waals surface area (Å²) < 4.78 is 0. The smallest absolute Gasteiger partial charge is 0.267 e. The number of benzene rings is 1. The Kier molecular flexibility index (Phi) is 3.46. The van der Waals surface area contributed by atoms with Gasteiger partial charge >= 0.3 is 0 Å². The number of H-pyrrole nitrogens is 1. The number of anilines is 2. The van der Waals surface area contributed by atoms with E-state index in [1.165, 1.54) is 17.4 Å². The predicted molar refractivity (Wildman–Crippen MR) is 90.7 cm³/mol. The second-order valence-electron chi connectivity index (χ2n) is 5.19. The van der Waals surface area contributed by atoms with Crippen molar-refractivity contribution in [3.8, 4) is 0 Å². The van der Waals surface area contributed by atoms with Crippen LogP contribution in [0.2, 0.25) is 0 Å². The fourth-order valence-electron chi connectivity index (χ4n) is 2.42. The maximum absolute atomic E-state index is 12.4. The monoisotopic (exact) mass is 313 g/mol. The maximum atomic E-state index is 12.4. The third kappa shape index (κ3) is 2.48. The Morgan fingerprint density at radius 3 is 2.77 bits per heavy atom. The first kappa shape index (κ1) is 14.3. The number of hydrogen-bond acceptors (Lipinski definition) is 4. The van der Waals surface area contributed by atoms with E-state index in [-0.39, 0.29) is 11.5 Å². The molecule has 0 saturated carbocycles. The quantitative estimate of drug-likeness (QED) is 0.679. The van der Waals surface area contributed by atoms with Gasteiger partial charge in [0.15, 0.2) is 0 Å². The van der Waals surface area contributed by atoms with Crippen molar-refractivity contribution in [2.45, 2.75) is 13.8 Å². The minimum atomic E-state index is -0.274. The Hall–Kier alpha value is -2.60. The summed E-state index contributed by atoms with van der Waals surface area (Å²) in [6.07, 6.45) is 0. The first-order chi connectivity index (χ1) is 10.5. The van der Waals surface area contributed by atoms with Gasteiger partial charge in [-0.3, -0.25) is 9.59 Å². The van der Waals surface area contributed by atoms with Crippen LogP contribution in [0.3, 0.4) is 0 Å². The van der Waals surface area contributed by atoms with Crippen molar-refractivity contribution in [1.82, 2.24) is 4.98 Å². The molecule has 2 heterocycles. The van der Waals surface area contributed by atoms with E-state index in [4.69, 9.17) is 5.73 Å². The molecule has 1 amide bonds. The average Bonchev–Trinajstić information content (AvgIpc) is 2.76. The van der Waals surface area contributed by atoms with Crippen LogP contribution in [0.5, 0.6) is 0 Å². The molecule has 0 saturated heterocycles. The Labute approximate surface area is 130 Å². The molecule has 0 radical (unpaired) electrons. The van der Waals surface area contributed by atoms with Gasteiger partial charge < -0.3 is 16.0 Å². The number of hydrogen-bond donors (Lipinski definition) is 3. The third-order valence-electron chi connectivity index (χ3n) is 3.41. The van der Waals surface area contributed by atoms with Crippen molar-refractivity contribution in [2.24, 2.45) is 0 Å². The highest BCUT2D eigenvalue weighted by Gasteiger charge is 2.18. The number of fused-ring (bicyclic) bond motifs is 1. The van der Waals surface area contributed by atoms with Crippen LogP contribution in [0.4, 0.5) is 11.4 Å². The second-order valence-corrected chi connectivity index (χ2v) is 6.21. The number of nitrogen functional groups attached to an aromatic ring is 1. The summed E-state index contributed by atoms with van der Waals surface area (Å²) >= 11 is 1.19. The molecule has 0 aliphatic carbocycles. The largest absolute Gasteiger partial charge is 0.397 e. The summed E-state index contributed by atoms with van der Waals surface area (Å²) in [6.45, 7) is 3.76. The maximum Gasteiger partial charge on any atom is 0.267 e. The Morgan fingerprint density at radius 1 is 1.27 bits per heavy atom. The summed E-state index contributed by atoms with van der Waals surface area (Å²) in [7, 11) is 0. The highest BCUT2D eigenvalue weighted by Crippen LogP contribution is 2.34. The Morgan fingerprint density at radius 2 is 2.05 bits per heavy atom. The number of aryl methyl sites for hydroxylation is 2. The number of pyridine rings is 1. The van der Waals surface area contributed by atoms with Crippen LogP contribution in [0.25, 0.3) is 10.2 Å². The van der Waals surface area contributed by atoms with Gasteiger partial charge in [0.25, 0.3) is 5.91 Å². The lowest BCUT2D eigenvalue weighted by Crippen LogP contribution is -2.12. The van der Waals surface area contributed by atoms with E-state index >= 15 is 0 Å². The lowest BCUT2D eigenvalue weighted by Gasteiger charge is -2.05. The lowest BCUT2D eigenvalue weighted by molar-refractivity contribution is 0.103. The number of carbonyl (C=O) groups excluding carboxylic acids is 1. The van der Waals surface area contributed by atoms with Gasteiger partial charge in [0.1, 0.15) is 9.71 Å². The minimum Gasteiger partial charge on any atom is -0.397 e. The van der Waals surface area contributed by atoms with Gasteiger partial charge in [-0.05, 0) is 37.1 Å². The molecule has 0 aliphatic rings. The zero-order valence-corrected chi connectivity index (χ0v) is 13.0. The first-order valence-corrected chi connectivity index (χ1v) is 7.57. The first-order valence-electron chi connectivity index (χ1n) is 6.75. The molecule has 2 aromatic heterocycles. The molecule has 0 bridgehead atoms. The molecular formula is C16H15N3O2S. The number of aromatic amines is 1. The SMILES string of the molecule is Cc1cccc(NC(=O)c2sc3[nH]c(=O)cc(C)c3c2N)c1. The van der Waals surface area contributed by atoms with Crippen molar-refractivity contribution >= 4 is 38.8 Å². The molecule has 1 aromatic carbocycles. The normalized spacial score (nSPS) is 10.8. The van der Waals surface area contributed by atoms with E-state index in [9.17, 15) is 9.59 Å². The van der Waals surface area contributed by atoms with Gasteiger partial charge in [-0.2, -0.15) is 0 Å². The van der Waals surface area contributed by atoms with Gasteiger partial charge in [0.05, 0.1) is 5.69 Å². The van der Waals surface area contributed by atoms with E-state index in [1.807, 2.05) is 38.1 Å². The van der Waals surface area contributed by atoms with Crippen molar-refractivity contribution in [3.63, 3.8) is 0 Å². The van der Waals surface area contributed by atoms with Crippen LogP contribution in [0.1, 0.15) is 20.8 Å². The Balaban J connectivity index is 2.03. The molecule has 3 aromatic rings. The number of nitrogens with two attached hydrogens (primary N) is 1. The fraction of sp³-hybridized carbons (Fsp3) is 0.125. The second kappa shape index (κ2) is 5.31. The molecule has 112 valence electrons. The molecule has 3 rings (SSSR count). The molecule has 6 heteroatoms. The number of thiophene rings is 1. The van der Waals surface area contributed by atoms with Crippen LogP contribution in [-0.2, 0) is 0 Å². The van der Waals surface area contributed by atoms with Gasteiger partial charge in [-0.25, -0.2) is 0 Å². The topological polar surface area (TPSA) is 88.0 Å². The van der Waals surface area contributed by atoms with Gasteiger partial charge in [-0.15, -0.1) is 11.3 Å². The van der Waals surface area contributed by atoms with Crippen LogP contribution in [0, 0.1) is 13.8 Å². The van der Waals surface area contributed by atoms with E-state index in [0.29, 0.717) is 21.1 Å². The zero-order valence-electron chi connectivity index (χ0n) is 12.2. The summed E-state index contributed by atoms with van der Waals surface area (Å²) in [5.74, 6) is -0.274. The lowest BCUT2D eigenvalue weighted by atomic mass is 10.1. The highest BCUT2D eigenvalue weighted by atomic mass is 32.1. The standard InChI is InChI=1S/C16H15N3O2S/c1-8-4-3-5-10(6-8)18-15(21)14-13(17)12-9(2)7-11(20)19-16(12)22-14/h3-7H,17H2,1-2H3,(H,18,21)(H,19,20). The van der Waals surface area contributed by atoms with Gasteiger partial charge in [-0.1, -0.05) is 12.1 Å². The molecule has 0 fully saturated rings. The molecule has 22 heavy (non-hydrogen) atoms. The van der Waals surface area contributed by atoms with E-state index in [0.717, 1.165) is 16.5 Å². The van der Waals surface area contributed by atoms with Crippen molar-refractivity contribution in [3.05, 3.63) is 56.7 Å². The summed E-state index contributed by atoms with van der Waals surface area (Å²) in [5, 5.41) is 3.57. The number of rotatable bonds is 2. The van der Waals surface area contributed by atoms with Crippen LogP contribution < -0.4 is 16.6 Å². The summed E-state index contributed by atoms with van der Waals surface area (Å²) in [4.78, 5) is 27.7.